The van der Waals surface area contributed by atoms with Crippen molar-refractivity contribution < 1.29 is 49.2 Å². The fourth-order valence-electron chi connectivity index (χ4n) is 5.49. The van der Waals surface area contributed by atoms with Crippen LogP contribution in [0.3, 0.4) is 0 Å². The maximum Gasteiger partial charge on any atom is 0.534 e. The zero-order chi connectivity index (χ0) is 34.4. The number of nitrogens with zero attached hydrogens (tertiary/aromatic N) is 3. The molecule has 3 aromatic rings. The van der Waals surface area contributed by atoms with Gasteiger partial charge < -0.3 is 28.4 Å². The first kappa shape index (κ1) is 34.5. The molecule has 0 N–H and O–H groups in total. The summed E-state index contributed by atoms with van der Waals surface area (Å²) >= 11 is 13.2. The molecule has 10 nitrogen and oxygen atoms in total. The number of fused-ring (bicyclic) bond motifs is 1. The molecule has 1 atom stereocenters. The van der Waals surface area contributed by atoms with Crippen molar-refractivity contribution in [2.24, 2.45) is 0 Å². The van der Waals surface area contributed by atoms with Crippen LogP contribution in [0.2, 0.25) is 10.0 Å². The molecule has 3 aromatic carbocycles. The second-order valence-corrected chi connectivity index (χ2v) is 13.3. The number of para-hydroxylation sites is 1. The number of amides is 1. The Morgan fingerprint density at radius 3 is 2.34 bits per heavy atom. The summed E-state index contributed by atoms with van der Waals surface area (Å²) in [6, 6.07) is 9.07. The van der Waals surface area contributed by atoms with Gasteiger partial charge in [0.1, 0.15) is 17.1 Å². The lowest BCUT2D eigenvalue weighted by atomic mass is 9.98. The second-order valence-electron chi connectivity index (χ2n) is 11.0. The smallest absolute Gasteiger partial charge is 0.472 e. The van der Waals surface area contributed by atoms with E-state index in [2.05, 4.69) is 25.6 Å². The van der Waals surface area contributed by atoms with Gasteiger partial charge in [0.15, 0.2) is 12.5 Å². The molecule has 0 aliphatic carbocycles. The number of ether oxygens (including phenoxy) is 2. The lowest BCUT2D eigenvalue weighted by molar-refractivity contribution is -0.0500. The number of alkyl halides is 3. The molecule has 17 heteroatoms. The lowest BCUT2D eigenvalue weighted by Gasteiger charge is -2.40. The molecular formula is C30H27Cl2F4N3O7S. The van der Waals surface area contributed by atoms with Gasteiger partial charge in [0.05, 0.1) is 29.3 Å². The first-order chi connectivity index (χ1) is 22.0. The summed E-state index contributed by atoms with van der Waals surface area (Å²) in [6.45, 7) is 4.09. The maximum atomic E-state index is 15.4. The summed E-state index contributed by atoms with van der Waals surface area (Å²) < 4.78 is 92.7. The number of methoxy groups -OCH3 is 1. The van der Waals surface area contributed by atoms with Crippen LogP contribution in [0.25, 0.3) is 11.1 Å². The van der Waals surface area contributed by atoms with Crippen LogP contribution in [0.4, 0.5) is 23.2 Å². The highest BCUT2D eigenvalue weighted by atomic mass is 35.5. The summed E-state index contributed by atoms with van der Waals surface area (Å²) in [6.07, 6.45) is 0. The molecule has 0 spiro atoms. The van der Waals surface area contributed by atoms with Gasteiger partial charge in [-0.3, -0.25) is 4.79 Å². The van der Waals surface area contributed by atoms with Gasteiger partial charge in [-0.25, -0.2) is 9.18 Å². The molecule has 2 aliphatic heterocycles. The molecule has 1 fully saturated rings. The topological polar surface area (TPSA) is 106 Å². The molecule has 0 aromatic heterocycles. The molecule has 2 aliphatic rings. The maximum absolute atomic E-state index is 15.4. The minimum atomic E-state index is -6.24. The number of anilines is 1. The van der Waals surface area contributed by atoms with Gasteiger partial charge in [-0.1, -0.05) is 41.4 Å². The third-order valence-corrected chi connectivity index (χ3v) is 9.32. The predicted octanol–water partition coefficient (Wildman–Crippen LogP) is 5.95. The Bertz CT molecular complexity index is 1840. The summed E-state index contributed by atoms with van der Waals surface area (Å²) in [5.74, 6) is -4.06. The van der Waals surface area contributed by atoms with E-state index in [1.54, 1.807) is 18.2 Å². The third kappa shape index (κ3) is 6.80. The molecule has 47 heavy (non-hydrogen) atoms. The quantitative estimate of drug-likeness (QED) is 0.132. The summed E-state index contributed by atoms with van der Waals surface area (Å²) in [5, 5.41) is 0.273. The molecule has 0 bridgehead atoms. The predicted molar refractivity (Wildman–Crippen MR) is 165 cm³/mol. The van der Waals surface area contributed by atoms with E-state index in [1.165, 1.54) is 17.0 Å². The molecule has 0 radical (unpaired) electrons. The van der Waals surface area contributed by atoms with Gasteiger partial charge in [-0.15, -0.1) is 0 Å². The summed E-state index contributed by atoms with van der Waals surface area (Å²) in [7, 11) is -3.34. The van der Waals surface area contributed by atoms with Crippen LogP contribution in [-0.4, -0.2) is 82.2 Å². The van der Waals surface area contributed by atoms with E-state index in [-0.39, 0.29) is 46.2 Å². The van der Waals surface area contributed by atoms with Crippen molar-refractivity contribution in [3.05, 3.63) is 75.0 Å². The zero-order valence-electron chi connectivity index (χ0n) is 25.0. The van der Waals surface area contributed by atoms with E-state index in [9.17, 15) is 31.2 Å². The number of esters is 1. The van der Waals surface area contributed by atoms with E-state index in [4.69, 9.17) is 27.9 Å². The Morgan fingerprint density at radius 2 is 1.72 bits per heavy atom. The van der Waals surface area contributed by atoms with Crippen molar-refractivity contribution in [1.82, 2.24) is 9.80 Å². The summed E-state index contributed by atoms with van der Waals surface area (Å²) in [5.41, 5.74) is -5.99. The Labute approximate surface area is 277 Å². The van der Waals surface area contributed by atoms with Gasteiger partial charge in [-0.2, -0.15) is 21.6 Å². The summed E-state index contributed by atoms with van der Waals surface area (Å²) in [4.78, 5) is 31.5. The molecule has 252 valence electrons. The van der Waals surface area contributed by atoms with Crippen LogP contribution in [0.5, 0.6) is 11.5 Å². The van der Waals surface area contributed by atoms with Crippen molar-refractivity contribution >= 4 is 50.9 Å². The number of likely N-dealkylation sites (N-methyl/N-ethyl adjacent to an activating group) is 1. The molecule has 0 unspecified atom stereocenters. The van der Waals surface area contributed by atoms with Crippen LogP contribution in [0.15, 0.2) is 42.5 Å². The number of hydrogen-bond acceptors (Lipinski definition) is 9. The third-order valence-electron chi connectivity index (χ3n) is 7.76. The van der Waals surface area contributed by atoms with E-state index >= 15 is 4.39 Å². The van der Waals surface area contributed by atoms with E-state index in [1.807, 2.05) is 7.05 Å². The van der Waals surface area contributed by atoms with Crippen LogP contribution < -0.4 is 13.8 Å². The van der Waals surface area contributed by atoms with Crippen LogP contribution in [0.1, 0.15) is 33.2 Å². The van der Waals surface area contributed by atoms with Crippen molar-refractivity contribution in [3.8, 4) is 22.6 Å². The fourth-order valence-corrected chi connectivity index (χ4v) is 6.60. The Kier molecular flexibility index (Phi) is 9.57. The lowest BCUT2D eigenvalue weighted by Crippen LogP contribution is -2.50. The SMILES string of the molecule is COC(=O)c1cc(F)c(-c2cccc3c2OCN(C(=O)c2c(Cl)cc(N4CCN(C)C[C@H]4C)cc2Cl)C3)cc1OS(=O)(=O)C(F)(F)F. The number of benzene rings is 3. The van der Waals surface area contributed by atoms with Crippen molar-refractivity contribution in [1.29, 1.82) is 0 Å². The van der Waals surface area contributed by atoms with Crippen molar-refractivity contribution in [2.45, 2.75) is 25.0 Å². The van der Waals surface area contributed by atoms with Gasteiger partial charge in [-0.05, 0) is 38.2 Å². The number of piperazine rings is 1. The Morgan fingerprint density at radius 1 is 1.04 bits per heavy atom. The van der Waals surface area contributed by atoms with Crippen molar-refractivity contribution in [2.75, 3.05) is 45.4 Å². The zero-order valence-corrected chi connectivity index (χ0v) is 27.4. The number of hydrogen-bond donors (Lipinski definition) is 0. The normalized spacial score (nSPS) is 17.2. The number of halogens is 6. The van der Waals surface area contributed by atoms with Crippen LogP contribution >= 0.6 is 23.2 Å². The van der Waals surface area contributed by atoms with Crippen LogP contribution in [-0.2, 0) is 21.4 Å². The van der Waals surface area contributed by atoms with Gasteiger partial charge in [0.25, 0.3) is 5.91 Å². The molecule has 5 rings (SSSR count). The second kappa shape index (κ2) is 13.0. The van der Waals surface area contributed by atoms with Crippen molar-refractivity contribution in [3.63, 3.8) is 0 Å². The number of carbonyl (C=O) groups is 2. The highest BCUT2D eigenvalue weighted by Crippen LogP contribution is 2.42. The molecular weight excluding hydrogens is 693 g/mol. The van der Waals surface area contributed by atoms with Gasteiger partial charge in [0, 0.05) is 48.1 Å². The number of carbonyl (C=O) groups excluding carboxylic acids is 2. The van der Waals surface area contributed by atoms with Crippen LogP contribution in [0, 0.1) is 5.82 Å². The standard InChI is InChI=1S/C30H27Cl2F4N3O7S/c1-16-13-37(2)7-8-39(16)18-9-22(31)26(23(32)10-18)28(40)38-14-17-5-4-6-19(27(17)45-15-38)20-12-25(46-47(42,43)30(34,35)36)21(11-24(20)33)29(41)44-3/h4-6,9-12,16H,7-8,13-15H2,1-3H3/t16-/m1/s1. The highest BCUT2D eigenvalue weighted by molar-refractivity contribution is 7.88. The molecule has 1 saturated heterocycles. The monoisotopic (exact) mass is 719 g/mol. The highest BCUT2D eigenvalue weighted by Gasteiger charge is 2.49. The molecule has 0 saturated carbocycles. The fraction of sp³-hybridized carbons (Fsp3) is 0.333. The first-order valence-corrected chi connectivity index (χ1v) is 16.1. The average molecular weight is 721 g/mol. The minimum absolute atomic E-state index is 0.0144. The largest absolute Gasteiger partial charge is 0.534 e. The molecule has 1 amide bonds. The van der Waals surface area contributed by atoms with E-state index < -0.39 is 50.2 Å². The van der Waals surface area contributed by atoms with E-state index in [0.717, 1.165) is 32.4 Å². The Balaban J connectivity index is 1.45. The first-order valence-electron chi connectivity index (χ1n) is 13.9. The van der Waals surface area contributed by atoms with Gasteiger partial charge >= 0.3 is 21.6 Å². The van der Waals surface area contributed by atoms with Gasteiger partial charge in [0.2, 0.25) is 0 Å². The number of rotatable bonds is 6. The molecule has 2 heterocycles. The Hall–Kier alpha value is -3.79. The average Bonchev–Trinajstić information content (AvgIpc) is 2.99. The minimum Gasteiger partial charge on any atom is -0.472 e. The van der Waals surface area contributed by atoms with E-state index in [0.29, 0.717) is 17.7 Å².